The third-order valence-corrected chi connectivity index (χ3v) is 3.95. The van der Waals surface area contributed by atoms with Crippen molar-refractivity contribution in [2.24, 2.45) is 0 Å². The van der Waals surface area contributed by atoms with Gasteiger partial charge in [-0.15, -0.1) is 0 Å². The fraction of sp³-hybridized carbons (Fsp3) is 0.278. The molecular weight excluding hydrogens is 281 g/mol. The first kappa shape index (κ1) is 14.6. The van der Waals surface area contributed by atoms with Gasteiger partial charge in [0.05, 0.1) is 6.04 Å². The summed E-state index contributed by atoms with van der Waals surface area (Å²) in [4.78, 5) is 14.0. The first-order valence-electron chi connectivity index (χ1n) is 7.47. The zero-order valence-corrected chi connectivity index (χ0v) is 12.2. The molecule has 2 aromatic rings. The molecule has 114 valence electrons. The molecule has 0 bridgehead atoms. The molecule has 2 aromatic carbocycles. The maximum absolute atomic E-state index is 13.0. The van der Waals surface area contributed by atoms with Gasteiger partial charge in [0.2, 0.25) is 0 Å². The van der Waals surface area contributed by atoms with Crippen LogP contribution < -0.4 is 0 Å². The van der Waals surface area contributed by atoms with Gasteiger partial charge in [0.1, 0.15) is 12.4 Å². The summed E-state index contributed by atoms with van der Waals surface area (Å²) in [6, 6.07) is 15.9. The predicted octanol–water partition coefficient (Wildman–Crippen LogP) is 4.30. The number of carbonyl (C=O) groups is 1. The van der Waals surface area contributed by atoms with Crippen molar-refractivity contribution in [1.82, 2.24) is 4.90 Å². The molecule has 0 N–H and O–H groups in total. The highest BCUT2D eigenvalue weighted by Gasteiger charge is 2.31. The molecule has 4 heteroatoms. The SMILES string of the molecule is O=C(OCc1ccccc1)N1CCC[C@H]1c1ccc(F)cc1. The summed E-state index contributed by atoms with van der Waals surface area (Å²) in [5.41, 5.74) is 1.92. The third kappa shape index (κ3) is 3.27. The molecule has 3 nitrogen and oxygen atoms in total. The molecule has 1 fully saturated rings. The molecule has 0 saturated carbocycles. The first-order chi connectivity index (χ1) is 10.7. The standard InChI is InChI=1S/C18H18FNO2/c19-16-10-8-15(9-11-16)17-7-4-12-20(17)18(21)22-13-14-5-2-1-3-6-14/h1-3,5-6,8-11,17H,4,7,12-13H2/t17-/m0/s1. The van der Waals surface area contributed by atoms with Crippen molar-refractivity contribution in [3.8, 4) is 0 Å². The molecule has 22 heavy (non-hydrogen) atoms. The molecular formula is C18H18FNO2. The van der Waals surface area contributed by atoms with Crippen molar-refractivity contribution in [1.29, 1.82) is 0 Å². The number of ether oxygens (including phenoxy) is 1. The van der Waals surface area contributed by atoms with Crippen LogP contribution in [0.5, 0.6) is 0 Å². The van der Waals surface area contributed by atoms with Gasteiger partial charge in [-0.25, -0.2) is 9.18 Å². The summed E-state index contributed by atoms with van der Waals surface area (Å²) in [7, 11) is 0. The average Bonchev–Trinajstić information content (AvgIpc) is 3.04. The van der Waals surface area contributed by atoms with Crippen molar-refractivity contribution in [3.05, 3.63) is 71.5 Å². The Morgan fingerprint density at radius 2 is 1.86 bits per heavy atom. The van der Waals surface area contributed by atoms with E-state index in [1.165, 1.54) is 12.1 Å². The number of nitrogens with zero attached hydrogens (tertiary/aromatic N) is 1. The summed E-state index contributed by atoms with van der Waals surface area (Å²) in [6.45, 7) is 0.946. The van der Waals surface area contributed by atoms with Gasteiger partial charge in [0, 0.05) is 6.54 Å². The minimum Gasteiger partial charge on any atom is -0.445 e. The zero-order chi connectivity index (χ0) is 15.4. The Bertz CT molecular complexity index is 627. The number of hydrogen-bond donors (Lipinski definition) is 0. The van der Waals surface area contributed by atoms with Crippen molar-refractivity contribution in [2.75, 3.05) is 6.54 Å². The zero-order valence-electron chi connectivity index (χ0n) is 12.2. The van der Waals surface area contributed by atoms with Crippen molar-refractivity contribution in [2.45, 2.75) is 25.5 Å². The topological polar surface area (TPSA) is 29.5 Å². The Hall–Kier alpha value is -2.36. The summed E-state index contributed by atoms with van der Waals surface area (Å²) in [5, 5.41) is 0. The Morgan fingerprint density at radius 1 is 1.14 bits per heavy atom. The molecule has 0 radical (unpaired) electrons. The summed E-state index contributed by atoms with van der Waals surface area (Å²) in [5.74, 6) is -0.264. The average molecular weight is 299 g/mol. The lowest BCUT2D eigenvalue weighted by Crippen LogP contribution is -2.31. The van der Waals surface area contributed by atoms with Crippen molar-refractivity contribution < 1.29 is 13.9 Å². The molecule has 3 rings (SSSR count). The van der Waals surface area contributed by atoms with Crippen LogP contribution in [0.25, 0.3) is 0 Å². The van der Waals surface area contributed by atoms with Gasteiger partial charge in [-0.2, -0.15) is 0 Å². The van der Waals surface area contributed by atoms with E-state index in [1.54, 1.807) is 17.0 Å². The van der Waals surface area contributed by atoms with E-state index in [-0.39, 0.29) is 24.6 Å². The minimum absolute atomic E-state index is 0.0242. The number of likely N-dealkylation sites (tertiary alicyclic amines) is 1. The molecule has 0 aromatic heterocycles. The van der Waals surface area contributed by atoms with Crippen LogP contribution in [-0.4, -0.2) is 17.5 Å². The highest BCUT2D eigenvalue weighted by Crippen LogP contribution is 2.32. The molecule has 1 saturated heterocycles. The van der Waals surface area contributed by atoms with Crippen LogP contribution in [0.1, 0.15) is 30.0 Å². The molecule has 1 aliphatic rings. The maximum Gasteiger partial charge on any atom is 0.410 e. The number of carbonyl (C=O) groups excluding carboxylic acids is 1. The molecule has 1 aliphatic heterocycles. The number of halogens is 1. The van der Waals surface area contributed by atoms with E-state index in [0.717, 1.165) is 24.0 Å². The van der Waals surface area contributed by atoms with Crippen LogP contribution in [0.3, 0.4) is 0 Å². The minimum atomic E-state index is -0.310. The maximum atomic E-state index is 13.0. The van der Waals surface area contributed by atoms with Crippen LogP contribution in [-0.2, 0) is 11.3 Å². The van der Waals surface area contributed by atoms with Gasteiger partial charge in [-0.05, 0) is 36.1 Å². The van der Waals surface area contributed by atoms with Crippen molar-refractivity contribution >= 4 is 6.09 Å². The Morgan fingerprint density at radius 3 is 2.59 bits per heavy atom. The van der Waals surface area contributed by atoms with Gasteiger partial charge in [0.25, 0.3) is 0 Å². The van der Waals surface area contributed by atoms with E-state index in [2.05, 4.69) is 0 Å². The van der Waals surface area contributed by atoms with Crippen LogP contribution in [0.15, 0.2) is 54.6 Å². The molecule has 0 aliphatic carbocycles. The summed E-state index contributed by atoms with van der Waals surface area (Å²) >= 11 is 0. The fourth-order valence-corrected chi connectivity index (χ4v) is 2.82. The van der Waals surface area contributed by atoms with E-state index in [4.69, 9.17) is 4.74 Å². The summed E-state index contributed by atoms with van der Waals surface area (Å²) < 4.78 is 18.4. The Kier molecular flexibility index (Phi) is 4.37. The lowest BCUT2D eigenvalue weighted by atomic mass is 10.0. The first-order valence-corrected chi connectivity index (χ1v) is 7.47. The van der Waals surface area contributed by atoms with Gasteiger partial charge in [-0.1, -0.05) is 42.5 Å². The molecule has 0 spiro atoms. The van der Waals surface area contributed by atoms with E-state index >= 15 is 0 Å². The monoisotopic (exact) mass is 299 g/mol. The second kappa shape index (κ2) is 6.60. The molecule has 1 heterocycles. The second-order valence-electron chi connectivity index (χ2n) is 5.44. The molecule has 1 atom stereocenters. The number of benzene rings is 2. The molecule has 1 amide bonds. The van der Waals surface area contributed by atoms with Gasteiger partial charge in [0.15, 0.2) is 0 Å². The number of rotatable bonds is 3. The highest BCUT2D eigenvalue weighted by molar-refractivity contribution is 5.68. The lowest BCUT2D eigenvalue weighted by molar-refractivity contribution is 0.0920. The second-order valence-corrected chi connectivity index (χ2v) is 5.44. The van der Waals surface area contributed by atoms with E-state index in [1.807, 2.05) is 30.3 Å². The van der Waals surface area contributed by atoms with Crippen molar-refractivity contribution in [3.63, 3.8) is 0 Å². The quantitative estimate of drug-likeness (QED) is 0.845. The normalized spacial score (nSPS) is 17.5. The molecule has 0 unspecified atom stereocenters. The van der Waals surface area contributed by atoms with Crippen LogP contribution in [0.4, 0.5) is 9.18 Å². The third-order valence-electron chi connectivity index (χ3n) is 3.95. The predicted molar refractivity (Wildman–Crippen MR) is 81.7 cm³/mol. The summed E-state index contributed by atoms with van der Waals surface area (Å²) in [6.07, 6.45) is 1.50. The Balaban J connectivity index is 1.65. The number of hydrogen-bond acceptors (Lipinski definition) is 2. The number of amides is 1. The smallest absolute Gasteiger partial charge is 0.410 e. The largest absolute Gasteiger partial charge is 0.445 e. The van der Waals surface area contributed by atoms with Gasteiger partial charge < -0.3 is 9.64 Å². The van der Waals surface area contributed by atoms with E-state index in [0.29, 0.717) is 6.54 Å². The van der Waals surface area contributed by atoms with Crippen LogP contribution in [0.2, 0.25) is 0 Å². The van der Waals surface area contributed by atoms with Crippen LogP contribution in [0, 0.1) is 5.82 Å². The van der Waals surface area contributed by atoms with Crippen LogP contribution >= 0.6 is 0 Å². The highest BCUT2D eigenvalue weighted by atomic mass is 19.1. The lowest BCUT2D eigenvalue weighted by Gasteiger charge is -2.24. The Labute approximate surface area is 129 Å². The fourth-order valence-electron chi connectivity index (χ4n) is 2.82. The van der Waals surface area contributed by atoms with E-state index in [9.17, 15) is 9.18 Å². The van der Waals surface area contributed by atoms with Gasteiger partial charge >= 0.3 is 6.09 Å². The van der Waals surface area contributed by atoms with Gasteiger partial charge in [-0.3, -0.25) is 0 Å². The van der Waals surface area contributed by atoms with E-state index < -0.39 is 0 Å².